The lowest BCUT2D eigenvalue weighted by atomic mass is 10.2. The van der Waals surface area contributed by atoms with E-state index in [2.05, 4.69) is 10.3 Å². The number of aryl methyl sites for hydroxylation is 3. The maximum atomic E-state index is 12.7. The number of urea groups is 1. The molecule has 1 saturated heterocycles. The third kappa shape index (κ3) is 4.04. The molecule has 0 saturated carbocycles. The fourth-order valence-electron chi connectivity index (χ4n) is 2.98. The van der Waals surface area contributed by atoms with Crippen LogP contribution in [0.4, 0.5) is 10.5 Å². The van der Waals surface area contributed by atoms with Crippen LogP contribution in [-0.2, 0) is 6.42 Å². The van der Waals surface area contributed by atoms with Crippen LogP contribution >= 0.6 is 11.3 Å². The van der Waals surface area contributed by atoms with Crippen molar-refractivity contribution in [1.29, 1.82) is 0 Å². The van der Waals surface area contributed by atoms with Gasteiger partial charge in [0.05, 0.1) is 10.7 Å². The Morgan fingerprint density at radius 3 is 2.46 bits per heavy atom. The van der Waals surface area contributed by atoms with Gasteiger partial charge in [0.2, 0.25) is 0 Å². The first-order chi connectivity index (χ1) is 12.5. The number of aromatic nitrogens is 1. The zero-order valence-electron chi connectivity index (χ0n) is 15.4. The van der Waals surface area contributed by atoms with Crippen LogP contribution in [0.15, 0.2) is 24.3 Å². The molecule has 0 bridgehead atoms. The summed E-state index contributed by atoms with van der Waals surface area (Å²) in [5.41, 5.74) is 2.70. The van der Waals surface area contributed by atoms with E-state index in [4.69, 9.17) is 0 Å². The van der Waals surface area contributed by atoms with Crippen LogP contribution in [0.25, 0.3) is 0 Å². The van der Waals surface area contributed by atoms with Gasteiger partial charge in [-0.3, -0.25) is 4.79 Å². The largest absolute Gasteiger partial charge is 0.334 e. The molecule has 3 rings (SSSR count). The fraction of sp³-hybridized carbons (Fsp3) is 0.421. The number of benzene rings is 1. The third-order valence-electron chi connectivity index (χ3n) is 4.46. The summed E-state index contributed by atoms with van der Waals surface area (Å²) in [6.45, 7) is 8.06. The van der Waals surface area contributed by atoms with Crippen molar-refractivity contribution in [3.05, 3.63) is 45.4 Å². The van der Waals surface area contributed by atoms with Gasteiger partial charge in [-0.2, -0.15) is 0 Å². The quantitative estimate of drug-likeness (QED) is 0.899. The predicted molar refractivity (Wildman–Crippen MR) is 104 cm³/mol. The van der Waals surface area contributed by atoms with Crippen LogP contribution in [-0.4, -0.2) is 52.9 Å². The van der Waals surface area contributed by atoms with Crippen molar-refractivity contribution in [2.24, 2.45) is 0 Å². The zero-order valence-corrected chi connectivity index (χ0v) is 16.2. The van der Waals surface area contributed by atoms with E-state index >= 15 is 0 Å². The molecular weight excluding hydrogens is 348 g/mol. The highest BCUT2D eigenvalue weighted by Gasteiger charge is 2.27. The number of rotatable bonds is 3. The van der Waals surface area contributed by atoms with E-state index in [9.17, 15) is 9.59 Å². The van der Waals surface area contributed by atoms with Crippen LogP contribution in [0.2, 0.25) is 0 Å². The van der Waals surface area contributed by atoms with Gasteiger partial charge in [-0.05, 0) is 38.0 Å². The van der Waals surface area contributed by atoms with Gasteiger partial charge in [-0.25, -0.2) is 9.78 Å². The van der Waals surface area contributed by atoms with Crippen LogP contribution in [0.1, 0.15) is 32.9 Å². The van der Waals surface area contributed by atoms with E-state index in [0.29, 0.717) is 26.2 Å². The molecule has 1 aliphatic heterocycles. The normalized spacial score (nSPS) is 14.4. The number of carbonyl (C=O) groups is 2. The van der Waals surface area contributed by atoms with Gasteiger partial charge in [0, 0.05) is 31.9 Å². The Morgan fingerprint density at radius 2 is 1.85 bits per heavy atom. The maximum absolute atomic E-state index is 12.7. The van der Waals surface area contributed by atoms with Crippen molar-refractivity contribution < 1.29 is 9.59 Å². The highest BCUT2D eigenvalue weighted by atomic mass is 32.1. The number of thiazole rings is 1. The van der Waals surface area contributed by atoms with Crippen molar-refractivity contribution in [2.75, 3.05) is 31.5 Å². The van der Waals surface area contributed by atoms with Crippen LogP contribution in [0, 0.1) is 13.8 Å². The van der Waals surface area contributed by atoms with Crippen LogP contribution in [0.3, 0.4) is 0 Å². The minimum absolute atomic E-state index is 0.0263. The van der Waals surface area contributed by atoms with E-state index in [0.717, 1.165) is 33.3 Å². The summed E-state index contributed by atoms with van der Waals surface area (Å²) < 4.78 is 0. The van der Waals surface area contributed by atoms with Gasteiger partial charge >= 0.3 is 6.03 Å². The molecule has 2 heterocycles. The van der Waals surface area contributed by atoms with Gasteiger partial charge in [-0.15, -0.1) is 11.3 Å². The average Bonchev–Trinajstić information content (AvgIpc) is 3.02. The molecule has 0 radical (unpaired) electrons. The number of nitrogens with one attached hydrogen (secondary N) is 1. The summed E-state index contributed by atoms with van der Waals surface area (Å²) in [7, 11) is 0. The molecule has 1 aliphatic rings. The van der Waals surface area contributed by atoms with Gasteiger partial charge < -0.3 is 15.1 Å². The Labute approximate surface area is 157 Å². The molecule has 2 aromatic rings. The standard InChI is InChI=1S/C19H24N4O2S/c1-4-16-20-14(3)17(26-16)18(24)22-8-10-23(11-9-22)19(25)21-15-7-5-6-13(2)12-15/h5-7,12H,4,8-11H2,1-3H3,(H,21,25). The lowest BCUT2D eigenvalue weighted by Crippen LogP contribution is -2.51. The van der Waals surface area contributed by atoms with E-state index < -0.39 is 0 Å². The topological polar surface area (TPSA) is 65.5 Å². The number of amides is 3. The van der Waals surface area contributed by atoms with E-state index in [1.807, 2.05) is 49.9 Å². The maximum Gasteiger partial charge on any atom is 0.321 e. The molecule has 1 fully saturated rings. The van der Waals surface area contributed by atoms with E-state index in [-0.39, 0.29) is 11.9 Å². The van der Waals surface area contributed by atoms with Gasteiger partial charge in [-0.1, -0.05) is 19.1 Å². The molecule has 1 aromatic heterocycles. The number of nitrogens with zero attached hydrogens (tertiary/aromatic N) is 3. The zero-order chi connectivity index (χ0) is 18.7. The van der Waals surface area contributed by atoms with Crippen molar-refractivity contribution in [3.8, 4) is 0 Å². The van der Waals surface area contributed by atoms with Crippen molar-refractivity contribution in [1.82, 2.24) is 14.8 Å². The Balaban J connectivity index is 1.57. The molecule has 7 heteroatoms. The number of carbonyl (C=O) groups excluding carboxylic acids is 2. The summed E-state index contributed by atoms with van der Waals surface area (Å²) in [6, 6.07) is 7.61. The van der Waals surface area contributed by atoms with Crippen molar-refractivity contribution >= 4 is 29.0 Å². The van der Waals surface area contributed by atoms with Crippen LogP contribution in [0.5, 0.6) is 0 Å². The molecule has 1 aromatic carbocycles. The fourth-order valence-corrected chi connectivity index (χ4v) is 3.96. The molecule has 26 heavy (non-hydrogen) atoms. The molecule has 0 atom stereocenters. The molecule has 0 aliphatic carbocycles. The molecule has 138 valence electrons. The molecule has 1 N–H and O–H groups in total. The summed E-state index contributed by atoms with van der Waals surface area (Å²) in [5, 5.41) is 3.91. The Hall–Kier alpha value is -2.41. The molecule has 3 amide bonds. The molecular formula is C19H24N4O2S. The predicted octanol–water partition coefficient (Wildman–Crippen LogP) is 3.31. The Bertz CT molecular complexity index is 810. The summed E-state index contributed by atoms with van der Waals surface area (Å²) in [5.74, 6) is 0.0263. The lowest BCUT2D eigenvalue weighted by Gasteiger charge is -2.34. The second-order valence-corrected chi connectivity index (χ2v) is 7.54. The van der Waals surface area contributed by atoms with E-state index in [1.54, 1.807) is 4.90 Å². The second kappa shape index (κ2) is 7.86. The smallest absolute Gasteiger partial charge is 0.321 e. The molecule has 0 unspecified atom stereocenters. The summed E-state index contributed by atoms with van der Waals surface area (Å²) in [4.78, 5) is 33.9. The average molecular weight is 372 g/mol. The number of hydrogen-bond donors (Lipinski definition) is 1. The van der Waals surface area contributed by atoms with Crippen molar-refractivity contribution in [3.63, 3.8) is 0 Å². The van der Waals surface area contributed by atoms with Gasteiger partial charge in [0.15, 0.2) is 0 Å². The Kier molecular flexibility index (Phi) is 5.56. The van der Waals surface area contributed by atoms with Gasteiger partial charge in [0.25, 0.3) is 5.91 Å². The number of anilines is 1. The monoisotopic (exact) mass is 372 g/mol. The second-order valence-electron chi connectivity index (χ2n) is 6.45. The first-order valence-electron chi connectivity index (χ1n) is 8.86. The molecule has 6 nitrogen and oxygen atoms in total. The van der Waals surface area contributed by atoms with Crippen molar-refractivity contribution in [2.45, 2.75) is 27.2 Å². The molecule has 0 spiro atoms. The Morgan fingerprint density at radius 1 is 1.15 bits per heavy atom. The first-order valence-corrected chi connectivity index (χ1v) is 9.67. The van der Waals surface area contributed by atoms with Gasteiger partial charge in [0.1, 0.15) is 4.88 Å². The highest BCUT2D eigenvalue weighted by molar-refractivity contribution is 7.13. The SMILES string of the molecule is CCc1nc(C)c(C(=O)N2CCN(C(=O)Nc3cccc(C)c3)CC2)s1. The minimum Gasteiger partial charge on any atom is -0.334 e. The number of hydrogen-bond acceptors (Lipinski definition) is 4. The number of piperazine rings is 1. The first kappa shape index (κ1) is 18.4. The highest BCUT2D eigenvalue weighted by Crippen LogP contribution is 2.21. The van der Waals surface area contributed by atoms with E-state index in [1.165, 1.54) is 11.3 Å². The van der Waals surface area contributed by atoms with Crippen LogP contribution < -0.4 is 5.32 Å². The minimum atomic E-state index is -0.120. The third-order valence-corrected chi connectivity index (χ3v) is 5.75. The summed E-state index contributed by atoms with van der Waals surface area (Å²) in [6.07, 6.45) is 0.839. The summed E-state index contributed by atoms with van der Waals surface area (Å²) >= 11 is 1.48. The lowest BCUT2D eigenvalue weighted by molar-refractivity contribution is 0.0675.